The molecular formula is C31H33Cl2N3O4. The lowest BCUT2D eigenvalue weighted by molar-refractivity contribution is 0.0831. The van der Waals surface area contributed by atoms with Crippen LogP contribution in [0.15, 0.2) is 59.0 Å². The second kappa shape index (κ2) is 12.0. The SMILES string of the molecule is CCN(C(=O)OCCN(C)C)c1c(C(=O)C(C)(C)C)oc2nc(-c3ccccc3Cl)c(-c3ccc(Cl)cc3)cc12. The minimum atomic E-state index is -0.776. The van der Waals surface area contributed by atoms with Gasteiger partial charge in [-0.1, -0.05) is 74.3 Å². The van der Waals surface area contributed by atoms with Crippen LogP contribution >= 0.6 is 23.2 Å². The normalized spacial score (nSPS) is 11.7. The number of pyridine rings is 1. The fourth-order valence-electron chi connectivity index (χ4n) is 4.25. The fourth-order valence-corrected chi connectivity index (χ4v) is 4.60. The number of carbonyl (C=O) groups excluding carboxylic acids is 2. The van der Waals surface area contributed by atoms with Crippen molar-refractivity contribution in [3.8, 4) is 22.4 Å². The number of likely N-dealkylation sites (N-methyl/N-ethyl adjacent to an activating group) is 1. The monoisotopic (exact) mass is 581 g/mol. The van der Waals surface area contributed by atoms with Crippen molar-refractivity contribution in [2.45, 2.75) is 27.7 Å². The van der Waals surface area contributed by atoms with Crippen molar-refractivity contribution in [1.82, 2.24) is 9.88 Å². The summed E-state index contributed by atoms with van der Waals surface area (Å²) in [5.41, 5.74) is 2.63. The second-order valence-corrected chi connectivity index (χ2v) is 11.6. The number of benzene rings is 2. The van der Waals surface area contributed by atoms with Crippen molar-refractivity contribution in [3.63, 3.8) is 0 Å². The zero-order valence-electron chi connectivity index (χ0n) is 23.5. The van der Waals surface area contributed by atoms with E-state index in [0.29, 0.717) is 38.9 Å². The molecule has 0 aliphatic carbocycles. The average molecular weight is 583 g/mol. The topological polar surface area (TPSA) is 75.9 Å². The van der Waals surface area contributed by atoms with Gasteiger partial charge in [-0.3, -0.25) is 9.69 Å². The van der Waals surface area contributed by atoms with E-state index in [2.05, 4.69) is 0 Å². The van der Waals surface area contributed by atoms with Crippen molar-refractivity contribution in [2.75, 3.05) is 38.7 Å². The number of Topliss-reactive ketones (excluding diaryl/α,β-unsaturated/α-hetero) is 1. The number of ether oxygens (including phenoxy) is 1. The van der Waals surface area contributed by atoms with Crippen LogP contribution in [0, 0.1) is 5.41 Å². The second-order valence-electron chi connectivity index (χ2n) is 10.7. The lowest BCUT2D eigenvalue weighted by atomic mass is 9.88. The molecule has 4 rings (SSSR count). The predicted octanol–water partition coefficient (Wildman–Crippen LogP) is 8.22. The molecule has 0 fully saturated rings. The molecule has 0 unspecified atom stereocenters. The Morgan fingerprint density at radius 2 is 1.68 bits per heavy atom. The summed E-state index contributed by atoms with van der Waals surface area (Å²) in [7, 11) is 3.80. The molecule has 0 aliphatic rings. The standard InChI is InChI=1S/C31H33Cl2N3O4/c1-7-36(30(38)39-17-16-35(5)6)26-23-18-22(19-12-14-20(32)15-13-19)25(21-10-8-9-11-24(21)33)34-29(23)40-27(26)28(37)31(2,3)4/h8-15,18H,7,16-17H2,1-6H3. The number of carbonyl (C=O) groups is 2. The number of fused-ring (bicyclic) bond motifs is 1. The molecule has 2 aromatic heterocycles. The van der Waals surface area contributed by atoms with E-state index < -0.39 is 11.5 Å². The predicted molar refractivity (Wildman–Crippen MR) is 162 cm³/mol. The van der Waals surface area contributed by atoms with E-state index in [1.54, 1.807) is 39.0 Å². The first-order valence-corrected chi connectivity index (χ1v) is 13.8. The summed E-state index contributed by atoms with van der Waals surface area (Å²) in [6.45, 7) is 8.25. The van der Waals surface area contributed by atoms with Crippen LogP contribution in [0.3, 0.4) is 0 Å². The van der Waals surface area contributed by atoms with Gasteiger partial charge in [0, 0.05) is 39.7 Å². The Morgan fingerprint density at radius 3 is 2.27 bits per heavy atom. The molecule has 0 saturated carbocycles. The van der Waals surface area contributed by atoms with Gasteiger partial charge in [0.1, 0.15) is 12.3 Å². The van der Waals surface area contributed by atoms with Gasteiger partial charge in [-0.15, -0.1) is 0 Å². The van der Waals surface area contributed by atoms with Crippen LogP contribution in [0.2, 0.25) is 10.0 Å². The van der Waals surface area contributed by atoms with E-state index in [0.717, 1.165) is 11.1 Å². The summed E-state index contributed by atoms with van der Waals surface area (Å²) >= 11 is 12.8. The Morgan fingerprint density at radius 1 is 1.00 bits per heavy atom. The van der Waals surface area contributed by atoms with Gasteiger partial charge >= 0.3 is 6.09 Å². The Balaban J connectivity index is 2.01. The number of hydrogen-bond acceptors (Lipinski definition) is 6. The third-order valence-electron chi connectivity index (χ3n) is 6.40. The molecule has 0 saturated heterocycles. The lowest BCUT2D eigenvalue weighted by Crippen LogP contribution is -2.34. The number of ketones is 1. The molecule has 0 N–H and O–H groups in total. The van der Waals surface area contributed by atoms with Crippen LogP contribution in [0.5, 0.6) is 0 Å². The zero-order valence-corrected chi connectivity index (χ0v) is 25.1. The molecule has 210 valence electrons. The van der Waals surface area contributed by atoms with Gasteiger partial charge in [-0.05, 0) is 50.8 Å². The average Bonchev–Trinajstić information content (AvgIpc) is 3.26. The third kappa shape index (κ3) is 6.17. The maximum atomic E-state index is 13.7. The summed E-state index contributed by atoms with van der Waals surface area (Å²) in [4.78, 5) is 35.2. The highest BCUT2D eigenvalue weighted by atomic mass is 35.5. The fraction of sp³-hybridized carbons (Fsp3) is 0.323. The molecule has 0 spiro atoms. The van der Waals surface area contributed by atoms with Crippen LogP contribution in [-0.2, 0) is 4.74 Å². The molecule has 2 heterocycles. The number of anilines is 1. The Hall–Kier alpha value is -3.39. The van der Waals surface area contributed by atoms with Crippen molar-refractivity contribution in [2.24, 2.45) is 5.41 Å². The van der Waals surface area contributed by atoms with Crippen LogP contribution in [-0.4, -0.2) is 55.6 Å². The molecule has 0 radical (unpaired) electrons. The number of halogens is 2. The highest BCUT2D eigenvalue weighted by Gasteiger charge is 2.35. The maximum absolute atomic E-state index is 13.7. The van der Waals surface area contributed by atoms with Crippen LogP contribution in [0.4, 0.5) is 10.5 Å². The molecule has 0 atom stereocenters. The number of amides is 1. The van der Waals surface area contributed by atoms with Gasteiger partial charge in [0.05, 0.1) is 11.1 Å². The summed E-state index contributed by atoms with van der Waals surface area (Å²) < 4.78 is 11.8. The number of aromatic nitrogens is 1. The summed E-state index contributed by atoms with van der Waals surface area (Å²) in [5, 5.41) is 1.62. The molecule has 0 bridgehead atoms. The van der Waals surface area contributed by atoms with Gasteiger partial charge in [0.2, 0.25) is 11.5 Å². The van der Waals surface area contributed by atoms with Crippen molar-refractivity contribution in [1.29, 1.82) is 0 Å². The third-order valence-corrected chi connectivity index (χ3v) is 6.98. The Labute approximate surface area is 244 Å². The van der Waals surface area contributed by atoms with Gasteiger partial charge in [0.25, 0.3) is 0 Å². The largest absolute Gasteiger partial charge is 0.448 e. The van der Waals surface area contributed by atoms with E-state index in [1.807, 2.05) is 62.3 Å². The smallest absolute Gasteiger partial charge is 0.414 e. The summed E-state index contributed by atoms with van der Waals surface area (Å²) in [6.07, 6.45) is -0.571. The first-order valence-electron chi connectivity index (χ1n) is 13.0. The number of hydrogen-bond donors (Lipinski definition) is 0. The van der Waals surface area contributed by atoms with Crippen molar-refractivity contribution < 1.29 is 18.7 Å². The molecule has 40 heavy (non-hydrogen) atoms. The van der Waals surface area contributed by atoms with Crippen LogP contribution in [0.1, 0.15) is 38.2 Å². The van der Waals surface area contributed by atoms with Crippen LogP contribution < -0.4 is 4.90 Å². The quantitative estimate of drug-likeness (QED) is 0.195. The minimum Gasteiger partial charge on any atom is -0.448 e. The molecule has 4 aromatic rings. The first kappa shape index (κ1) is 29.6. The lowest BCUT2D eigenvalue weighted by Gasteiger charge is -2.23. The van der Waals surface area contributed by atoms with Gasteiger partial charge < -0.3 is 14.1 Å². The number of nitrogens with zero attached hydrogens (tertiary/aromatic N) is 3. The molecule has 7 nitrogen and oxygen atoms in total. The number of furan rings is 1. The van der Waals surface area contributed by atoms with E-state index in [1.165, 1.54) is 4.90 Å². The van der Waals surface area contributed by atoms with E-state index in [-0.39, 0.29) is 30.4 Å². The highest BCUT2D eigenvalue weighted by molar-refractivity contribution is 6.33. The number of rotatable bonds is 8. The van der Waals surface area contributed by atoms with Gasteiger partial charge in [-0.2, -0.15) is 0 Å². The molecule has 9 heteroatoms. The van der Waals surface area contributed by atoms with E-state index >= 15 is 0 Å². The van der Waals surface area contributed by atoms with Gasteiger partial charge in [0.15, 0.2) is 5.76 Å². The van der Waals surface area contributed by atoms with Crippen molar-refractivity contribution >= 4 is 51.9 Å². The zero-order chi connectivity index (χ0) is 29.2. The highest BCUT2D eigenvalue weighted by Crippen LogP contribution is 2.43. The Bertz CT molecular complexity index is 1540. The first-order chi connectivity index (χ1) is 18.9. The summed E-state index contributed by atoms with van der Waals surface area (Å²) in [6, 6.07) is 16.6. The molecular weight excluding hydrogens is 549 g/mol. The van der Waals surface area contributed by atoms with Gasteiger partial charge in [-0.25, -0.2) is 9.78 Å². The van der Waals surface area contributed by atoms with Crippen molar-refractivity contribution in [3.05, 3.63) is 70.4 Å². The van der Waals surface area contributed by atoms with E-state index in [4.69, 9.17) is 37.3 Å². The molecule has 0 aliphatic heterocycles. The Kier molecular flexibility index (Phi) is 8.88. The van der Waals surface area contributed by atoms with Crippen LogP contribution in [0.25, 0.3) is 33.5 Å². The molecule has 1 amide bonds. The maximum Gasteiger partial charge on any atom is 0.414 e. The van der Waals surface area contributed by atoms with E-state index in [9.17, 15) is 9.59 Å². The minimum absolute atomic E-state index is 0.0553. The molecule has 2 aromatic carbocycles. The summed E-state index contributed by atoms with van der Waals surface area (Å²) in [5.74, 6) is -0.202.